The highest BCUT2D eigenvalue weighted by Gasteiger charge is 2.00. The van der Waals surface area contributed by atoms with Crippen LogP contribution in [0.5, 0.6) is 0 Å². The maximum absolute atomic E-state index is 10.4. The molecule has 0 aromatic heterocycles. The van der Waals surface area contributed by atoms with E-state index in [0.717, 1.165) is 22.1 Å². The van der Waals surface area contributed by atoms with Gasteiger partial charge < -0.3 is 5.73 Å². The van der Waals surface area contributed by atoms with E-state index in [9.17, 15) is 11.7 Å². The number of para-hydroxylation sites is 1. The summed E-state index contributed by atoms with van der Waals surface area (Å²) < 4.78 is 83.8. The van der Waals surface area contributed by atoms with Gasteiger partial charge in [-0.3, -0.25) is 0 Å². The zero-order valence-electron chi connectivity index (χ0n) is 14.8. The van der Waals surface area contributed by atoms with E-state index in [1.807, 2.05) is 24.3 Å². The van der Waals surface area contributed by atoms with Crippen molar-refractivity contribution in [2.45, 2.75) is 5.33 Å². The fourth-order valence-electron chi connectivity index (χ4n) is 1.53. The Morgan fingerprint density at radius 3 is 1.33 bits per heavy atom. The van der Waals surface area contributed by atoms with Crippen molar-refractivity contribution in [1.82, 2.24) is 0 Å². The Bertz CT molecular complexity index is 1000. The predicted molar refractivity (Wildman–Crippen MR) is 112 cm³/mol. The van der Waals surface area contributed by atoms with Gasteiger partial charge in [0.25, 0.3) is 0 Å². The molecule has 0 spiro atoms. The second-order valence-electron chi connectivity index (χ2n) is 4.84. The van der Waals surface area contributed by atoms with Gasteiger partial charge in [-0.2, -0.15) is 25.3 Å². The number of nitrogen functional groups attached to an aromatic ring is 1. The van der Waals surface area contributed by atoms with Crippen LogP contribution in [0.3, 0.4) is 0 Å². The number of halogens is 4. The lowest BCUT2D eigenvalue weighted by atomic mass is 10.0. The highest BCUT2D eigenvalue weighted by atomic mass is 79.9. The van der Waals surface area contributed by atoms with Crippen molar-refractivity contribution in [3.05, 3.63) is 54.1 Å². The molecule has 172 valence electrons. The van der Waals surface area contributed by atoms with Gasteiger partial charge >= 0.3 is 31.2 Å². The summed E-state index contributed by atoms with van der Waals surface area (Å²) in [7, 11) is -14.0. The number of anilines is 1. The van der Waals surface area contributed by atoms with Crippen LogP contribution in [0.15, 0.2) is 48.5 Å². The van der Waals surface area contributed by atoms with Crippen molar-refractivity contribution in [2.24, 2.45) is 15.4 Å². The van der Waals surface area contributed by atoms with E-state index in [2.05, 4.69) is 55.6 Å². The molecule has 2 aromatic carbocycles. The van der Waals surface area contributed by atoms with Crippen LogP contribution in [-0.4, -0.2) is 25.3 Å². The Balaban J connectivity index is 0. The van der Waals surface area contributed by atoms with Gasteiger partial charge in [-0.1, -0.05) is 70.1 Å². The fraction of sp³-hybridized carbons (Fsp3) is 0.0769. The fourth-order valence-corrected chi connectivity index (χ4v) is 1.91. The monoisotopic (exact) mass is 558 g/mol. The third-order valence-electron chi connectivity index (χ3n) is 2.38. The van der Waals surface area contributed by atoms with Gasteiger partial charge in [0, 0.05) is 16.6 Å². The summed E-state index contributed by atoms with van der Waals surface area (Å²) in [6, 6.07) is 16.3. The lowest BCUT2D eigenvalue weighted by Crippen LogP contribution is -2.01. The van der Waals surface area contributed by atoms with Gasteiger partial charge in [-0.05, 0) is 17.2 Å². The number of rotatable bonds is 2. The topological polar surface area (TPSA) is 206 Å². The second kappa shape index (κ2) is 13.5. The first-order chi connectivity index (χ1) is 13.3. The van der Waals surface area contributed by atoms with E-state index in [1.54, 1.807) is 0 Å². The molecule has 0 aliphatic rings. The van der Waals surface area contributed by atoms with Crippen molar-refractivity contribution in [3.63, 3.8) is 0 Å². The SMILES string of the molecule is NS(=O)(=O)F.NS(=O)(=O)F.NS(=O)(=O)F.Nc1ccccc1-c1ccc(CBr)cc1. The van der Waals surface area contributed by atoms with Crippen LogP contribution in [0.1, 0.15) is 5.56 Å². The van der Waals surface area contributed by atoms with Crippen molar-refractivity contribution in [1.29, 1.82) is 0 Å². The van der Waals surface area contributed by atoms with Gasteiger partial charge in [0.05, 0.1) is 0 Å². The molecule has 2 aromatic rings. The average Bonchev–Trinajstić information content (AvgIpc) is 2.51. The van der Waals surface area contributed by atoms with Crippen LogP contribution >= 0.6 is 15.9 Å². The van der Waals surface area contributed by atoms with Crippen LogP contribution in [-0.2, 0) is 36.6 Å². The van der Waals surface area contributed by atoms with Crippen LogP contribution < -0.4 is 21.2 Å². The van der Waals surface area contributed by atoms with Crippen molar-refractivity contribution in [3.8, 4) is 11.1 Å². The minimum Gasteiger partial charge on any atom is -0.398 e. The zero-order valence-corrected chi connectivity index (χ0v) is 18.9. The van der Waals surface area contributed by atoms with E-state index < -0.39 is 31.2 Å². The molecule has 0 unspecified atom stereocenters. The summed E-state index contributed by atoms with van der Waals surface area (Å²) in [4.78, 5) is 0. The molecule has 0 saturated heterocycles. The average molecular weight is 559 g/mol. The molecule has 0 aliphatic carbocycles. The Kier molecular flexibility index (Phi) is 13.7. The first-order valence-corrected chi connectivity index (χ1v) is 12.4. The summed E-state index contributed by atoms with van der Waals surface area (Å²) >= 11 is 3.43. The van der Waals surface area contributed by atoms with E-state index in [0.29, 0.717) is 0 Å². The molecule has 0 amide bonds. The van der Waals surface area contributed by atoms with Crippen molar-refractivity contribution >= 4 is 52.8 Å². The minimum absolute atomic E-state index is 0.823. The first kappa shape index (κ1) is 30.4. The molecule has 30 heavy (non-hydrogen) atoms. The molecule has 0 aliphatic heterocycles. The minimum atomic E-state index is -4.67. The molecule has 10 nitrogen and oxygen atoms in total. The summed E-state index contributed by atoms with van der Waals surface area (Å²) in [5.41, 5.74) is 10.3. The van der Waals surface area contributed by atoms with E-state index in [1.165, 1.54) is 5.56 Å². The maximum atomic E-state index is 10.4. The van der Waals surface area contributed by atoms with Crippen molar-refractivity contribution in [2.75, 3.05) is 5.73 Å². The van der Waals surface area contributed by atoms with Gasteiger partial charge in [-0.15, -0.1) is 0 Å². The number of hydrogen-bond acceptors (Lipinski definition) is 7. The third-order valence-corrected chi connectivity index (χ3v) is 3.03. The van der Waals surface area contributed by atoms with Crippen LogP contribution in [0.25, 0.3) is 11.1 Å². The smallest absolute Gasteiger partial charge is 0.369 e. The summed E-state index contributed by atoms with van der Waals surface area (Å²) in [5, 5.41) is 11.9. The Labute approximate surface area is 181 Å². The number of alkyl halides is 1. The molecule has 0 saturated carbocycles. The number of hydrogen-bond donors (Lipinski definition) is 4. The van der Waals surface area contributed by atoms with E-state index in [-0.39, 0.29) is 0 Å². The maximum Gasteiger partial charge on any atom is 0.369 e. The standard InChI is InChI=1S/C13H12BrN.3FH2NO2S/c14-9-10-5-7-11(8-6-10)12-3-1-2-4-13(12)15;3*1-5(2,3)4/h1-8H,9,15H2;3*(H2,2,3,4). The number of nitrogens with two attached hydrogens (primary N) is 4. The largest absolute Gasteiger partial charge is 0.398 e. The summed E-state index contributed by atoms with van der Waals surface area (Å²) in [6.45, 7) is 0. The third kappa shape index (κ3) is 26.2. The quantitative estimate of drug-likeness (QED) is 0.241. The van der Waals surface area contributed by atoms with Crippen molar-refractivity contribution < 1.29 is 36.9 Å². The van der Waals surface area contributed by atoms with Gasteiger partial charge in [-0.25, -0.2) is 15.4 Å². The van der Waals surface area contributed by atoms with Crippen LogP contribution in [0, 0.1) is 0 Å². The Morgan fingerprint density at radius 1 is 0.700 bits per heavy atom. The Hall–Kier alpha value is -1.76. The van der Waals surface area contributed by atoms with Gasteiger partial charge in [0.1, 0.15) is 0 Å². The molecule has 0 radical (unpaired) electrons. The molecular weight excluding hydrogens is 541 g/mol. The molecule has 0 bridgehead atoms. The molecular formula is C13H18BrF3N4O6S3. The summed E-state index contributed by atoms with van der Waals surface area (Å²) in [5.74, 6) is 0. The molecule has 17 heteroatoms. The molecule has 8 N–H and O–H groups in total. The van der Waals surface area contributed by atoms with E-state index >= 15 is 0 Å². The Morgan fingerprint density at radius 2 is 1.03 bits per heavy atom. The molecule has 0 atom stereocenters. The lowest BCUT2D eigenvalue weighted by molar-refractivity contribution is 0.551. The van der Waals surface area contributed by atoms with Gasteiger partial charge in [0.2, 0.25) is 0 Å². The highest BCUT2D eigenvalue weighted by molar-refractivity contribution is 9.08. The lowest BCUT2D eigenvalue weighted by Gasteiger charge is -2.05. The molecule has 2 rings (SSSR count). The normalized spacial score (nSPS) is 10.9. The predicted octanol–water partition coefficient (Wildman–Crippen LogP) is 1.31. The second-order valence-corrected chi connectivity index (χ2v) is 8.26. The number of benzene rings is 2. The summed E-state index contributed by atoms with van der Waals surface area (Å²) in [6.07, 6.45) is 0. The van der Waals surface area contributed by atoms with Gasteiger partial charge in [0.15, 0.2) is 0 Å². The van der Waals surface area contributed by atoms with Crippen LogP contribution in [0.4, 0.5) is 17.3 Å². The van der Waals surface area contributed by atoms with Crippen LogP contribution in [0.2, 0.25) is 0 Å². The first-order valence-electron chi connectivity index (χ1n) is 6.98. The highest BCUT2D eigenvalue weighted by Crippen LogP contribution is 2.25. The molecule has 0 fully saturated rings. The molecule has 0 heterocycles. The zero-order chi connectivity index (χ0) is 24.2. The van der Waals surface area contributed by atoms with E-state index in [4.69, 9.17) is 31.0 Å².